The van der Waals surface area contributed by atoms with Crippen molar-refractivity contribution in [1.29, 1.82) is 0 Å². The molecule has 3 aromatic carbocycles. The average Bonchev–Trinajstić information content (AvgIpc) is 2.80. The van der Waals surface area contributed by atoms with Gasteiger partial charge in [-0.15, -0.1) is 0 Å². The highest BCUT2D eigenvalue weighted by Gasteiger charge is 2.16. The lowest BCUT2D eigenvalue weighted by Crippen LogP contribution is -2.34. The van der Waals surface area contributed by atoms with Gasteiger partial charge in [0.2, 0.25) is 10.0 Å². The van der Waals surface area contributed by atoms with Crippen LogP contribution >= 0.6 is 12.2 Å². The maximum Gasteiger partial charge on any atom is 0.229 e. The fraction of sp³-hybridized carbons (Fsp3) is 0.296. The summed E-state index contributed by atoms with van der Waals surface area (Å²) < 4.78 is 31.3. The highest BCUT2D eigenvalue weighted by atomic mass is 32.2. The van der Waals surface area contributed by atoms with E-state index < -0.39 is 10.0 Å². The number of thiocarbonyl (C=S) groups is 1. The molecule has 0 aliphatic heterocycles. The van der Waals surface area contributed by atoms with E-state index in [0.717, 1.165) is 28.7 Å². The first-order chi connectivity index (χ1) is 16.5. The van der Waals surface area contributed by atoms with E-state index in [1.807, 2.05) is 42.5 Å². The normalized spacial score (nSPS) is 11.5. The van der Waals surface area contributed by atoms with Crippen molar-refractivity contribution < 1.29 is 13.2 Å². The summed E-state index contributed by atoms with van der Waals surface area (Å²) in [5.74, 6) is 0.838. The van der Waals surface area contributed by atoms with Crippen LogP contribution in [0.2, 0.25) is 0 Å². The predicted molar refractivity (Wildman–Crippen MR) is 147 cm³/mol. The van der Waals surface area contributed by atoms with Crippen molar-refractivity contribution in [3.63, 3.8) is 0 Å². The van der Waals surface area contributed by atoms with Crippen LogP contribution in [0, 0.1) is 0 Å². The topological polar surface area (TPSA) is 79.5 Å². The van der Waals surface area contributed by atoms with Crippen LogP contribution < -0.4 is 20.1 Å². The number of nitrogens with one attached hydrogen (secondary N) is 3. The number of benzene rings is 3. The standard InChI is InChI=1S/C27H33N3O3S2/c1-27(2,3)23-13-12-22(25(16-23)33-19-21-8-6-5-7-9-21)18-29-26(34)28-17-20-10-14-24(15-11-20)30-35(4,31)32/h5-16,30H,17-19H2,1-4H3,(H2,28,29,34). The van der Waals surface area contributed by atoms with Crippen LogP contribution in [0.25, 0.3) is 0 Å². The lowest BCUT2D eigenvalue weighted by atomic mass is 9.86. The number of rotatable bonds is 9. The summed E-state index contributed by atoms with van der Waals surface area (Å²) in [7, 11) is -3.29. The number of hydrogen-bond donors (Lipinski definition) is 3. The molecule has 8 heteroatoms. The first-order valence-electron chi connectivity index (χ1n) is 11.4. The Morgan fingerprint density at radius 2 is 1.54 bits per heavy atom. The zero-order valence-electron chi connectivity index (χ0n) is 20.6. The Bertz CT molecular complexity index is 1240. The van der Waals surface area contributed by atoms with Crippen molar-refractivity contribution in [2.75, 3.05) is 11.0 Å². The van der Waals surface area contributed by atoms with Crippen molar-refractivity contribution in [2.24, 2.45) is 0 Å². The van der Waals surface area contributed by atoms with Gasteiger partial charge in [-0.3, -0.25) is 4.72 Å². The maximum absolute atomic E-state index is 11.3. The summed E-state index contributed by atoms with van der Waals surface area (Å²) in [5.41, 5.74) is 4.86. The molecule has 35 heavy (non-hydrogen) atoms. The molecule has 0 bridgehead atoms. The molecule has 6 nitrogen and oxygen atoms in total. The monoisotopic (exact) mass is 511 g/mol. The molecule has 186 valence electrons. The van der Waals surface area contributed by atoms with E-state index in [1.165, 1.54) is 5.56 Å². The molecule has 0 amide bonds. The van der Waals surface area contributed by atoms with Crippen LogP contribution in [-0.4, -0.2) is 19.8 Å². The van der Waals surface area contributed by atoms with Gasteiger partial charge < -0.3 is 15.4 Å². The minimum atomic E-state index is -3.29. The second-order valence-electron chi connectivity index (χ2n) is 9.45. The Balaban J connectivity index is 1.59. The van der Waals surface area contributed by atoms with E-state index in [9.17, 15) is 8.42 Å². The van der Waals surface area contributed by atoms with Gasteiger partial charge in [0.25, 0.3) is 0 Å². The molecule has 3 aromatic rings. The molecule has 3 rings (SSSR count). The largest absolute Gasteiger partial charge is 0.489 e. The van der Waals surface area contributed by atoms with Gasteiger partial charge in [-0.1, -0.05) is 75.4 Å². The van der Waals surface area contributed by atoms with Gasteiger partial charge in [0.15, 0.2) is 5.11 Å². The summed E-state index contributed by atoms with van der Waals surface area (Å²) in [5, 5.41) is 6.97. The number of hydrogen-bond acceptors (Lipinski definition) is 4. The van der Waals surface area contributed by atoms with E-state index in [2.05, 4.69) is 54.3 Å². The lowest BCUT2D eigenvalue weighted by Gasteiger charge is -2.22. The number of anilines is 1. The van der Waals surface area contributed by atoms with Gasteiger partial charge in [-0.25, -0.2) is 8.42 Å². The first kappa shape index (κ1) is 26.5. The third-order valence-electron chi connectivity index (χ3n) is 5.32. The zero-order chi connectivity index (χ0) is 25.5. The minimum Gasteiger partial charge on any atom is -0.489 e. The molecule has 3 N–H and O–H groups in total. The van der Waals surface area contributed by atoms with Gasteiger partial charge in [-0.05, 0) is 52.5 Å². The fourth-order valence-electron chi connectivity index (χ4n) is 3.36. The van der Waals surface area contributed by atoms with Crippen LogP contribution in [0.5, 0.6) is 5.75 Å². The van der Waals surface area contributed by atoms with Crippen LogP contribution in [0.1, 0.15) is 43.0 Å². The van der Waals surface area contributed by atoms with Gasteiger partial charge >= 0.3 is 0 Å². The van der Waals surface area contributed by atoms with E-state index >= 15 is 0 Å². The highest BCUT2D eigenvalue weighted by molar-refractivity contribution is 7.92. The Hall–Kier alpha value is -3.10. The summed E-state index contributed by atoms with van der Waals surface area (Å²) in [6.45, 7) is 8.09. The van der Waals surface area contributed by atoms with Crippen LogP contribution in [-0.2, 0) is 35.1 Å². The summed E-state index contributed by atoms with van der Waals surface area (Å²) in [6.07, 6.45) is 1.13. The van der Waals surface area contributed by atoms with E-state index in [4.69, 9.17) is 17.0 Å². The van der Waals surface area contributed by atoms with Gasteiger partial charge in [-0.2, -0.15) is 0 Å². The second-order valence-corrected chi connectivity index (χ2v) is 11.6. The molecule has 0 fully saturated rings. The van der Waals surface area contributed by atoms with Gasteiger partial charge in [0, 0.05) is 24.3 Å². The smallest absolute Gasteiger partial charge is 0.229 e. The molecule has 0 aliphatic rings. The van der Waals surface area contributed by atoms with Crippen molar-refractivity contribution in [3.05, 3.63) is 95.1 Å². The Morgan fingerprint density at radius 3 is 2.17 bits per heavy atom. The first-order valence-corrected chi connectivity index (χ1v) is 13.7. The van der Waals surface area contributed by atoms with Crippen LogP contribution in [0.4, 0.5) is 5.69 Å². The molecule has 0 saturated carbocycles. The van der Waals surface area contributed by atoms with E-state index in [0.29, 0.717) is 30.5 Å². The summed E-state index contributed by atoms with van der Waals surface area (Å²) in [4.78, 5) is 0. The zero-order valence-corrected chi connectivity index (χ0v) is 22.2. The fourth-order valence-corrected chi connectivity index (χ4v) is 4.07. The summed E-state index contributed by atoms with van der Waals surface area (Å²) in [6, 6.07) is 23.6. The quantitative estimate of drug-likeness (QED) is 0.347. The van der Waals surface area contributed by atoms with Gasteiger partial charge in [0.05, 0.1) is 6.26 Å². The number of ether oxygens (including phenoxy) is 1. The van der Waals surface area contributed by atoms with E-state index in [1.54, 1.807) is 12.1 Å². The molecule has 0 aromatic heterocycles. The molecule has 0 aliphatic carbocycles. The molecule has 0 spiro atoms. The average molecular weight is 512 g/mol. The Morgan fingerprint density at radius 1 is 0.886 bits per heavy atom. The summed E-state index contributed by atoms with van der Waals surface area (Å²) >= 11 is 5.46. The van der Waals surface area contributed by atoms with Crippen molar-refractivity contribution >= 4 is 33.0 Å². The third kappa shape index (κ3) is 8.88. The van der Waals surface area contributed by atoms with Crippen molar-refractivity contribution in [3.8, 4) is 5.75 Å². The minimum absolute atomic E-state index is 0.0139. The van der Waals surface area contributed by atoms with E-state index in [-0.39, 0.29) is 5.41 Å². The molecular formula is C27H33N3O3S2. The molecule has 0 unspecified atom stereocenters. The second kappa shape index (κ2) is 11.6. The van der Waals surface area contributed by atoms with Gasteiger partial charge in [0.1, 0.15) is 12.4 Å². The third-order valence-corrected chi connectivity index (χ3v) is 6.22. The number of sulfonamides is 1. The maximum atomic E-state index is 11.3. The molecule has 0 heterocycles. The Labute approximate surface area is 214 Å². The molecule has 0 saturated heterocycles. The van der Waals surface area contributed by atoms with Crippen LogP contribution in [0.3, 0.4) is 0 Å². The lowest BCUT2D eigenvalue weighted by molar-refractivity contribution is 0.301. The van der Waals surface area contributed by atoms with Crippen molar-refractivity contribution in [1.82, 2.24) is 10.6 Å². The molecule has 0 radical (unpaired) electrons. The molecular weight excluding hydrogens is 478 g/mol. The SMILES string of the molecule is CC(C)(C)c1ccc(CNC(=S)NCc2ccc(NS(C)(=O)=O)cc2)c(OCc2ccccc2)c1. The molecule has 0 atom stereocenters. The van der Waals surface area contributed by atoms with Crippen LogP contribution in [0.15, 0.2) is 72.8 Å². The Kier molecular flexibility index (Phi) is 8.75. The predicted octanol–water partition coefficient (Wildman–Crippen LogP) is 5.10. The highest BCUT2D eigenvalue weighted by Crippen LogP contribution is 2.29. The van der Waals surface area contributed by atoms with Crippen molar-refractivity contribution in [2.45, 2.75) is 45.9 Å².